The van der Waals surface area contributed by atoms with Gasteiger partial charge in [-0.15, -0.1) is 0 Å². The molecule has 1 aromatic rings. The highest BCUT2D eigenvalue weighted by atomic mass is 16.5. The molecule has 2 rings (SSSR count). The van der Waals surface area contributed by atoms with Crippen LogP contribution < -0.4 is 4.74 Å². The van der Waals surface area contributed by atoms with E-state index in [-0.39, 0.29) is 11.9 Å². The smallest absolute Gasteiger partial charge is 0.290 e. The summed E-state index contributed by atoms with van der Waals surface area (Å²) in [6, 6.07) is 9.36. The second-order valence-electron chi connectivity index (χ2n) is 3.78. The number of carbonyl (C=O) groups is 1. The molecule has 1 aliphatic rings. The summed E-state index contributed by atoms with van der Waals surface area (Å²) in [6.07, 6.45) is 0.719. The van der Waals surface area contributed by atoms with Crippen LogP contribution in [0.1, 0.15) is 13.3 Å². The molecule has 0 spiro atoms. The summed E-state index contributed by atoms with van der Waals surface area (Å²) in [5, 5.41) is 9.07. The monoisotopic (exact) mass is 233 g/mol. The lowest BCUT2D eigenvalue weighted by Crippen LogP contribution is -2.34. The van der Waals surface area contributed by atoms with Crippen molar-refractivity contribution in [2.45, 2.75) is 19.4 Å². The van der Waals surface area contributed by atoms with Crippen LogP contribution in [0, 0.1) is 0 Å². The van der Waals surface area contributed by atoms with Crippen LogP contribution in [0.15, 0.2) is 40.7 Å². The Hall–Kier alpha value is -1.91. The molecule has 0 bridgehead atoms. The molecule has 0 saturated heterocycles. The molecule has 0 fully saturated rings. The van der Waals surface area contributed by atoms with Crippen molar-refractivity contribution in [3.8, 4) is 5.75 Å². The second kappa shape index (κ2) is 5.43. The fourth-order valence-corrected chi connectivity index (χ4v) is 1.72. The van der Waals surface area contributed by atoms with Crippen LogP contribution in [0.4, 0.5) is 0 Å². The van der Waals surface area contributed by atoms with Gasteiger partial charge in [0, 0.05) is 0 Å². The normalized spacial score (nSPS) is 18.8. The highest BCUT2D eigenvalue weighted by molar-refractivity contribution is 5.83. The highest BCUT2D eigenvalue weighted by Gasteiger charge is 2.28. The molecule has 17 heavy (non-hydrogen) atoms. The number of hydrogen-bond donors (Lipinski definition) is 0. The largest absolute Gasteiger partial charge is 0.492 e. The van der Waals surface area contributed by atoms with Gasteiger partial charge in [0.1, 0.15) is 18.4 Å². The second-order valence-corrected chi connectivity index (χ2v) is 3.78. The maximum atomic E-state index is 11.3. The van der Waals surface area contributed by atoms with Crippen LogP contribution in [0.25, 0.3) is 0 Å². The minimum Gasteiger partial charge on any atom is -0.492 e. The van der Waals surface area contributed by atoms with Crippen molar-refractivity contribution >= 4 is 5.91 Å². The number of benzene rings is 1. The first-order chi connectivity index (χ1) is 8.31. The molecule has 1 aromatic carbocycles. The van der Waals surface area contributed by atoms with E-state index in [1.54, 1.807) is 5.01 Å². The minimum absolute atomic E-state index is 0.160. The zero-order valence-electron chi connectivity index (χ0n) is 9.74. The predicted octanol–water partition coefficient (Wildman–Crippen LogP) is 2.05. The van der Waals surface area contributed by atoms with Crippen LogP contribution in [0.2, 0.25) is 0 Å². The molecule has 1 atom stereocenters. The summed E-state index contributed by atoms with van der Waals surface area (Å²) in [4.78, 5) is 11.3. The molecule has 5 heteroatoms. The fourth-order valence-electron chi connectivity index (χ4n) is 1.72. The van der Waals surface area contributed by atoms with Gasteiger partial charge in [0.05, 0.1) is 6.54 Å². The zero-order valence-corrected chi connectivity index (χ0v) is 9.74. The molecule has 1 aliphatic heterocycles. The van der Waals surface area contributed by atoms with Crippen molar-refractivity contribution in [1.29, 1.82) is 0 Å². The van der Waals surface area contributed by atoms with Crippen LogP contribution in [0.5, 0.6) is 5.75 Å². The summed E-state index contributed by atoms with van der Waals surface area (Å²) >= 11 is 0. The summed E-state index contributed by atoms with van der Waals surface area (Å²) in [5.41, 5.74) is 0. The van der Waals surface area contributed by atoms with Crippen LogP contribution in [0.3, 0.4) is 0 Å². The Morgan fingerprint density at radius 3 is 2.82 bits per heavy atom. The lowest BCUT2D eigenvalue weighted by molar-refractivity contribution is -0.120. The molecular weight excluding hydrogens is 218 g/mol. The average molecular weight is 233 g/mol. The topological polar surface area (TPSA) is 54.3 Å². The number of para-hydroxylation sites is 1. The molecule has 0 radical (unpaired) electrons. The Labute approximate surface area is 100 Å². The molecule has 0 aromatic heterocycles. The third-order valence-electron chi connectivity index (χ3n) is 2.62. The molecule has 90 valence electrons. The summed E-state index contributed by atoms with van der Waals surface area (Å²) < 4.78 is 5.54. The quantitative estimate of drug-likeness (QED) is 0.782. The first-order valence-corrected chi connectivity index (χ1v) is 5.71. The van der Waals surface area contributed by atoms with Crippen molar-refractivity contribution in [2.75, 3.05) is 13.2 Å². The lowest BCUT2D eigenvalue weighted by Gasteiger charge is -2.18. The number of carbonyl (C=O) groups excluding carboxylic acids is 1. The Morgan fingerprint density at radius 1 is 1.35 bits per heavy atom. The molecule has 1 amide bonds. The lowest BCUT2D eigenvalue weighted by atomic mass is 10.2. The molecule has 1 heterocycles. The maximum Gasteiger partial charge on any atom is 0.290 e. The number of nitrogens with zero attached hydrogens (tertiary/aromatic N) is 3. The third-order valence-corrected chi connectivity index (χ3v) is 2.62. The molecule has 0 aliphatic carbocycles. The Morgan fingerprint density at radius 2 is 2.12 bits per heavy atom. The van der Waals surface area contributed by atoms with Crippen molar-refractivity contribution in [1.82, 2.24) is 5.01 Å². The average Bonchev–Trinajstić information content (AvgIpc) is 2.71. The van der Waals surface area contributed by atoms with E-state index in [9.17, 15) is 4.79 Å². The molecule has 0 N–H and O–H groups in total. The highest BCUT2D eigenvalue weighted by Crippen LogP contribution is 2.15. The van der Waals surface area contributed by atoms with E-state index < -0.39 is 0 Å². The number of rotatable bonds is 5. The summed E-state index contributed by atoms with van der Waals surface area (Å²) in [5.74, 6) is 0.662. The summed E-state index contributed by atoms with van der Waals surface area (Å²) in [7, 11) is 0. The molecule has 0 saturated carbocycles. The van der Waals surface area contributed by atoms with Crippen molar-refractivity contribution in [3.05, 3.63) is 30.3 Å². The van der Waals surface area contributed by atoms with E-state index in [1.165, 1.54) is 0 Å². The van der Waals surface area contributed by atoms with E-state index in [1.807, 2.05) is 37.3 Å². The van der Waals surface area contributed by atoms with E-state index in [0.29, 0.717) is 13.2 Å². The first kappa shape index (κ1) is 11.6. The maximum absolute atomic E-state index is 11.3. The molecule has 1 unspecified atom stereocenters. The third kappa shape index (κ3) is 2.81. The van der Waals surface area contributed by atoms with Gasteiger partial charge in [-0.1, -0.05) is 35.5 Å². The first-order valence-electron chi connectivity index (χ1n) is 5.71. The van der Waals surface area contributed by atoms with Gasteiger partial charge < -0.3 is 4.74 Å². The van der Waals surface area contributed by atoms with E-state index in [0.717, 1.165) is 12.2 Å². The van der Waals surface area contributed by atoms with Crippen molar-refractivity contribution < 1.29 is 9.53 Å². The minimum atomic E-state index is -0.214. The van der Waals surface area contributed by atoms with Gasteiger partial charge >= 0.3 is 0 Å². The SMILES string of the molecule is CCC1C(=O)N=NN1CCOc1ccccc1. The van der Waals surface area contributed by atoms with Crippen molar-refractivity contribution in [3.63, 3.8) is 0 Å². The van der Waals surface area contributed by atoms with Gasteiger partial charge in [0.25, 0.3) is 5.91 Å². The number of amides is 1. The number of ether oxygens (including phenoxy) is 1. The van der Waals surface area contributed by atoms with Crippen LogP contribution >= 0.6 is 0 Å². The van der Waals surface area contributed by atoms with Gasteiger partial charge in [-0.05, 0) is 18.6 Å². The van der Waals surface area contributed by atoms with E-state index in [4.69, 9.17) is 4.74 Å². The molecular formula is C12H15N3O2. The summed E-state index contributed by atoms with van der Waals surface area (Å²) in [6.45, 7) is 3.01. The van der Waals surface area contributed by atoms with Crippen LogP contribution in [-0.2, 0) is 4.79 Å². The Kier molecular flexibility index (Phi) is 3.69. The van der Waals surface area contributed by atoms with Crippen molar-refractivity contribution in [2.24, 2.45) is 10.3 Å². The Balaban J connectivity index is 1.79. The van der Waals surface area contributed by atoms with E-state index in [2.05, 4.69) is 10.3 Å². The van der Waals surface area contributed by atoms with E-state index >= 15 is 0 Å². The zero-order chi connectivity index (χ0) is 12.1. The van der Waals surface area contributed by atoms with Gasteiger partial charge in [0.15, 0.2) is 0 Å². The van der Waals surface area contributed by atoms with Gasteiger partial charge in [0.2, 0.25) is 0 Å². The fraction of sp³-hybridized carbons (Fsp3) is 0.417. The Bertz CT molecular complexity index is 405. The van der Waals surface area contributed by atoms with Gasteiger partial charge in [-0.25, -0.2) is 0 Å². The van der Waals surface area contributed by atoms with Gasteiger partial charge in [-0.2, -0.15) is 0 Å². The molecule has 5 nitrogen and oxygen atoms in total. The van der Waals surface area contributed by atoms with Crippen LogP contribution in [-0.4, -0.2) is 30.1 Å². The van der Waals surface area contributed by atoms with Gasteiger partial charge in [-0.3, -0.25) is 9.80 Å². The standard InChI is InChI=1S/C12H15N3O2/c1-2-11-12(16)13-14-15(11)8-9-17-10-6-4-3-5-7-10/h3-7,11H,2,8-9H2,1H3. The predicted molar refractivity (Wildman–Crippen MR) is 62.6 cm³/mol. The number of hydrogen-bond acceptors (Lipinski definition) is 4.